The van der Waals surface area contributed by atoms with Crippen LogP contribution in [0.2, 0.25) is 0 Å². The summed E-state index contributed by atoms with van der Waals surface area (Å²) in [5.41, 5.74) is 2.53. The van der Waals surface area contributed by atoms with Crippen LogP contribution in [-0.4, -0.2) is 19.2 Å². The summed E-state index contributed by atoms with van der Waals surface area (Å²) in [6.07, 6.45) is 3.23. The average molecular weight is 258 g/mol. The second-order valence-electron chi connectivity index (χ2n) is 4.71. The highest BCUT2D eigenvalue weighted by Crippen LogP contribution is 2.15. The Labute approximate surface area is 115 Å². The lowest BCUT2D eigenvalue weighted by Gasteiger charge is -2.10. The van der Waals surface area contributed by atoms with Gasteiger partial charge in [0.1, 0.15) is 11.8 Å². The molecule has 0 amide bonds. The smallest absolute Gasteiger partial charge is 0.174 e. The van der Waals surface area contributed by atoms with E-state index < -0.39 is 0 Å². The number of hydrogen-bond acceptors (Lipinski definition) is 3. The van der Waals surface area contributed by atoms with E-state index in [1.165, 1.54) is 5.57 Å². The van der Waals surface area contributed by atoms with Crippen LogP contribution < -0.4 is 10.1 Å². The van der Waals surface area contributed by atoms with Crippen molar-refractivity contribution in [1.29, 1.82) is 5.26 Å². The van der Waals surface area contributed by atoms with Crippen molar-refractivity contribution in [3.63, 3.8) is 0 Å². The van der Waals surface area contributed by atoms with Gasteiger partial charge in [-0.2, -0.15) is 5.26 Å². The molecule has 102 valence electrons. The third kappa shape index (κ3) is 6.08. The predicted molar refractivity (Wildman–Crippen MR) is 79.0 cm³/mol. The van der Waals surface area contributed by atoms with Crippen molar-refractivity contribution < 1.29 is 4.74 Å². The van der Waals surface area contributed by atoms with Crippen molar-refractivity contribution in [1.82, 2.24) is 5.32 Å². The van der Waals surface area contributed by atoms with Gasteiger partial charge in [-0.25, -0.2) is 0 Å². The molecule has 0 atom stereocenters. The van der Waals surface area contributed by atoms with E-state index in [4.69, 9.17) is 10.00 Å². The molecule has 0 aromatic heterocycles. The van der Waals surface area contributed by atoms with Crippen molar-refractivity contribution in [3.05, 3.63) is 35.4 Å². The van der Waals surface area contributed by atoms with E-state index in [1.54, 1.807) is 0 Å². The van der Waals surface area contributed by atoms with Crippen molar-refractivity contribution >= 4 is 6.08 Å². The number of nitriles is 1. The molecule has 0 heterocycles. The second kappa shape index (κ2) is 8.34. The number of benzene rings is 1. The van der Waals surface area contributed by atoms with E-state index in [9.17, 15) is 0 Å². The molecule has 0 fully saturated rings. The lowest BCUT2D eigenvalue weighted by molar-refractivity contribution is 0.368. The van der Waals surface area contributed by atoms with Crippen LogP contribution in [0, 0.1) is 11.3 Å². The SMILES string of the molecule is CCC(=Cc1ccc(OCC#N)cc1)CNC(C)C. The first-order chi connectivity index (χ1) is 9.15. The molecule has 0 aliphatic heterocycles. The zero-order chi connectivity index (χ0) is 14.1. The molecule has 1 N–H and O–H groups in total. The Balaban J connectivity index is 2.65. The maximum Gasteiger partial charge on any atom is 0.174 e. The Kier molecular flexibility index (Phi) is 6.70. The topological polar surface area (TPSA) is 45.0 Å². The van der Waals surface area contributed by atoms with Gasteiger partial charge in [0.05, 0.1) is 0 Å². The fourth-order valence-electron chi connectivity index (χ4n) is 1.62. The Bertz CT molecular complexity index is 441. The first-order valence-corrected chi connectivity index (χ1v) is 6.68. The molecule has 0 unspecified atom stereocenters. The lowest BCUT2D eigenvalue weighted by atomic mass is 10.1. The molecular formula is C16H22N2O. The molecule has 1 rings (SSSR count). The summed E-state index contributed by atoms with van der Waals surface area (Å²) >= 11 is 0. The van der Waals surface area contributed by atoms with E-state index in [1.807, 2.05) is 30.3 Å². The highest BCUT2D eigenvalue weighted by atomic mass is 16.5. The molecule has 3 nitrogen and oxygen atoms in total. The summed E-state index contributed by atoms with van der Waals surface area (Å²) in [4.78, 5) is 0. The minimum absolute atomic E-state index is 0.0910. The zero-order valence-corrected chi connectivity index (χ0v) is 11.9. The second-order valence-corrected chi connectivity index (χ2v) is 4.71. The van der Waals surface area contributed by atoms with Gasteiger partial charge in [0.2, 0.25) is 0 Å². The third-order valence-electron chi connectivity index (χ3n) is 2.75. The van der Waals surface area contributed by atoms with Gasteiger partial charge < -0.3 is 10.1 Å². The van der Waals surface area contributed by atoms with Gasteiger partial charge in [0.25, 0.3) is 0 Å². The molecule has 0 aliphatic rings. The number of ether oxygens (including phenoxy) is 1. The molecule has 1 aromatic carbocycles. The van der Waals surface area contributed by atoms with Crippen LogP contribution >= 0.6 is 0 Å². The molecule has 0 spiro atoms. The average Bonchev–Trinajstić information content (AvgIpc) is 2.42. The minimum atomic E-state index is 0.0910. The van der Waals surface area contributed by atoms with Crippen LogP contribution in [-0.2, 0) is 0 Å². The van der Waals surface area contributed by atoms with Crippen LogP contribution in [0.15, 0.2) is 29.8 Å². The molecule has 19 heavy (non-hydrogen) atoms. The molecule has 3 heteroatoms. The lowest BCUT2D eigenvalue weighted by Crippen LogP contribution is -2.24. The number of hydrogen-bond donors (Lipinski definition) is 1. The number of nitrogens with zero attached hydrogens (tertiary/aromatic N) is 1. The summed E-state index contributed by atoms with van der Waals surface area (Å²) in [7, 11) is 0. The van der Waals surface area contributed by atoms with Gasteiger partial charge in [-0.3, -0.25) is 0 Å². The Morgan fingerprint density at radius 2 is 2.05 bits per heavy atom. The summed E-state index contributed by atoms with van der Waals surface area (Å²) in [6.45, 7) is 7.47. The zero-order valence-electron chi connectivity index (χ0n) is 11.9. The van der Waals surface area contributed by atoms with E-state index in [2.05, 4.69) is 32.2 Å². The molecule has 0 saturated heterocycles. The summed E-state index contributed by atoms with van der Waals surface area (Å²) < 4.78 is 5.23. The highest BCUT2D eigenvalue weighted by molar-refractivity contribution is 5.54. The van der Waals surface area contributed by atoms with E-state index >= 15 is 0 Å². The monoisotopic (exact) mass is 258 g/mol. The maximum absolute atomic E-state index is 8.45. The fourth-order valence-corrected chi connectivity index (χ4v) is 1.62. The Hall–Kier alpha value is -1.79. The first kappa shape index (κ1) is 15.3. The van der Waals surface area contributed by atoms with Crippen molar-refractivity contribution in [2.45, 2.75) is 33.2 Å². The quantitative estimate of drug-likeness (QED) is 0.815. The molecule has 1 aromatic rings. The largest absolute Gasteiger partial charge is 0.479 e. The fraction of sp³-hybridized carbons (Fsp3) is 0.438. The van der Waals surface area contributed by atoms with Crippen LogP contribution in [0.1, 0.15) is 32.8 Å². The first-order valence-electron chi connectivity index (χ1n) is 6.68. The van der Waals surface area contributed by atoms with Crippen molar-refractivity contribution in [2.75, 3.05) is 13.2 Å². The molecular weight excluding hydrogens is 236 g/mol. The third-order valence-corrected chi connectivity index (χ3v) is 2.75. The summed E-state index contributed by atoms with van der Waals surface area (Å²) in [5.74, 6) is 0.733. The number of rotatable bonds is 7. The Morgan fingerprint density at radius 1 is 1.37 bits per heavy atom. The van der Waals surface area contributed by atoms with E-state index in [-0.39, 0.29) is 6.61 Å². The maximum atomic E-state index is 8.45. The van der Waals surface area contributed by atoms with Gasteiger partial charge in [-0.05, 0) is 24.1 Å². The Morgan fingerprint density at radius 3 is 2.58 bits per heavy atom. The molecule has 0 bridgehead atoms. The van der Waals surface area contributed by atoms with Gasteiger partial charge >= 0.3 is 0 Å². The highest BCUT2D eigenvalue weighted by Gasteiger charge is 1.98. The molecule has 0 aliphatic carbocycles. The van der Waals surface area contributed by atoms with Crippen molar-refractivity contribution in [2.24, 2.45) is 0 Å². The summed E-state index contributed by atoms with van der Waals surface area (Å²) in [6, 6.07) is 10.3. The summed E-state index contributed by atoms with van der Waals surface area (Å²) in [5, 5.41) is 11.9. The minimum Gasteiger partial charge on any atom is -0.479 e. The van der Waals surface area contributed by atoms with Crippen LogP contribution in [0.5, 0.6) is 5.75 Å². The van der Waals surface area contributed by atoms with Crippen LogP contribution in [0.3, 0.4) is 0 Å². The van der Waals surface area contributed by atoms with Crippen LogP contribution in [0.4, 0.5) is 0 Å². The van der Waals surface area contributed by atoms with Crippen molar-refractivity contribution in [3.8, 4) is 11.8 Å². The van der Waals surface area contributed by atoms with E-state index in [0.29, 0.717) is 6.04 Å². The van der Waals surface area contributed by atoms with E-state index in [0.717, 1.165) is 24.3 Å². The van der Waals surface area contributed by atoms with Gasteiger partial charge in [0.15, 0.2) is 6.61 Å². The number of nitrogens with one attached hydrogen (secondary N) is 1. The van der Waals surface area contributed by atoms with Gasteiger partial charge in [-0.1, -0.05) is 44.6 Å². The normalized spacial score (nSPS) is 11.4. The molecule has 0 radical (unpaired) electrons. The van der Waals surface area contributed by atoms with Crippen LogP contribution in [0.25, 0.3) is 6.08 Å². The molecule has 0 saturated carbocycles. The van der Waals surface area contributed by atoms with Gasteiger partial charge in [0, 0.05) is 12.6 Å². The standard InChI is InChI=1S/C16H22N2O/c1-4-14(12-18-13(2)3)11-15-5-7-16(8-6-15)19-10-9-17/h5-8,11,13,18H,4,10,12H2,1-3H3. The predicted octanol–water partition coefficient (Wildman–Crippen LogP) is 3.38. The van der Waals surface area contributed by atoms with Gasteiger partial charge in [-0.15, -0.1) is 0 Å².